The number of ether oxygens (including phenoxy) is 2. The molecule has 24 heavy (non-hydrogen) atoms. The molecule has 0 aliphatic heterocycles. The lowest BCUT2D eigenvalue weighted by Gasteiger charge is -2.13. The van der Waals surface area contributed by atoms with Crippen molar-refractivity contribution in [2.75, 3.05) is 14.2 Å². The molecular formula is C22H18O2. The van der Waals surface area contributed by atoms with Crippen molar-refractivity contribution in [3.05, 3.63) is 83.4 Å². The van der Waals surface area contributed by atoms with Crippen LogP contribution in [0.2, 0.25) is 0 Å². The van der Waals surface area contributed by atoms with Crippen molar-refractivity contribution in [2.24, 2.45) is 0 Å². The Labute approximate surface area is 142 Å². The molecule has 0 N–H and O–H groups in total. The Kier molecular flexibility index (Phi) is 3.58. The summed E-state index contributed by atoms with van der Waals surface area (Å²) in [5.74, 6) is 1.54. The second-order valence-corrected chi connectivity index (χ2v) is 5.74. The van der Waals surface area contributed by atoms with Gasteiger partial charge in [0.1, 0.15) is 0 Å². The van der Waals surface area contributed by atoms with E-state index in [1.54, 1.807) is 14.2 Å². The van der Waals surface area contributed by atoms with E-state index < -0.39 is 0 Å². The van der Waals surface area contributed by atoms with Gasteiger partial charge in [0.2, 0.25) is 0 Å². The molecule has 0 bridgehead atoms. The number of methoxy groups -OCH3 is 2. The van der Waals surface area contributed by atoms with Crippen LogP contribution in [0.4, 0.5) is 0 Å². The zero-order valence-electron chi connectivity index (χ0n) is 13.7. The zero-order chi connectivity index (χ0) is 16.5. The molecule has 0 amide bonds. The molecule has 2 heteroatoms. The van der Waals surface area contributed by atoms with Crippen LogP contribution in [-0.4, -0.2) is 14.2 Å². The van der Waals surface area contributed by atoms with Crippen LogP contribution in [-0.2, 0) is 0 Å². The Bertz CT molecular complexity index is 924. The van der Waals surface area contributed by atoms with Crippen molar-refractivity contribution in [3.63, 3.8) is 0 Å². The summed E-state index contributed by atoms with van der Waals surface area (Å²) in [6, 6.07) is 22.9. The molecule has 118 valence electrons. The summed E-state index contributed by atoms with van der Waals surface area (Å²) in [6.45, 7) is 0. The lowest BCUT2D eigenvalue weighted by Crippen LogP contribution is -1.95. The summed E-state index contributed by atoms with van der Waals surface area (Å²) in [6.07, 6.45) is 2.21. The minimum atomic E-state index is 0.753. The SMILES string of the molecule is COc1ccc2c(c1OC)/C(=C/c1ccccc1)c1ccccc1-2. The molecule has 1 aliphatic rings. The third-order valence-electron chi connectivity index (χ3n) is 4.43. The lowest BCUT2D eigenvalue weighted by atomic mass is 10.00. The van der Waals surface area contributed by atoms with Gasteiger partial charge in [-0.05, 0) is 46.0 Å². The van der Waals surface area contributed by atoms with E-state index in [1.165, 1.54) is 27.8 Å². The van der Waals surface area contributed by atoms with Crippen LogP contribution in [0.15, 0.2) is 66.7 Å². The van der Waals surface area contributed by atoms with Crippen molar-refractivity contribution < 1.29 is 9.47 Å². The number of rotatable bonds is 3. The van der Waals surface area contributed by atoms with Gasteiger partial charge in [0.05, 0.1) is 14.2 Å². The molecule has 0 saturated heterocycles. The van der Waals surface area contributed by atoms with E-state index in [-0.39, 0.29) is 0 Å². The molecule has 2 nitrogen and oxygen atoms in total. The first kappa shape index (κ1) is 14.6. The fourth-order valence-electron chi connectivity index (χ4n) is 3.37. The molecule has 0 fully saturated rings. The molecule has 0 atom stereocenters. The third-order valence-corrected chi connectivity index (χ3v) is 4.43. The average Bonchev–Trinajstić information content (AvgIpc) is 2.96. The van der Waals surface area contributed by atoms with Crippen LogP contribution in [0.3, 0.4) is 0 Å². The minimum Gasteiger partial charge on any atom is -0.493 e. The van der Waals surface area contributed by atoms with Crippen molar-refractivity contribution >= 4 is 11.6 Å². The first-order chi connectivity index (χ1) is 11.8. The molecule has 3 aromatic carbocycles. The van der Waals surface area contributed by atoms with E-state index in [4.69, 9.17) is 9.47 Å². The summed E-state index contributed by atoms with van der Waals surface area (Å²) >= 11 is 0. The Hall–Kier alpha value is -3.00. The monoisotopic (exact) mass is 314 g/mol. The molecule has 0 saturated carbocycles. The topological polar surface area (TPSA) is 18.5 Å². The van der Waals surface area contributed by atoms with Crippen LogP contribution in [0.25, 0.3) is 22.8 Å². The highest BCUT2D eigenvalue weighted by atomic mass is 16.5. The third kappa shape index (κ3) is 2.19. The maximum atomic E-state index is 5.71. The van der Waals surface area contributed by atoms with Gasteiger partial charge in [-0.15, -0.1) is 0 Å². The molecule has 0 spiro atoms. The standard InChI is InChI=1S/C22H18O2/c1-23-20-13-12-18-16-10-6-7-11-17(16)19(21(18)22(20)24-2)14-15-8-4-3-5-9-15/h3-14H,1-2H3/b19-14+. The molecule has 0 aromatic heterocycles. The molecule has 0 heterocycles. The zero-order valence-corrected chi connectivity index (χ0v) is 13.7. The molecule has 1 aliphatic carbocycles. The van der Waals surface area contributed by atoms with Crippen LogP contribution in [0.5, 0.6) is 11.5 Å². The van der Waals surface area contributed by atoms with Gasteiger partial charge in [-0.2, -0.15) is 0 Å². The number of hydrogen-bond acceptors (Lipinski definition) is 2. The van der Waals surface area contributed by atoms with Crippen molar-refractivity contribution in [1.29, 1.82) is 0 Å². The molecule has 0 unspecified atom stereocenters. The average molecular weight is 314 g/mol. The fourth-order valence-corrected chi connectivity index (χ4v) is 3.37. The summed E-state index contributed by atoms with van der Waals surface area (Å²) in [5.41, 5.74) is 7.08. The Morgan fingerprint density at radius 1 is 0.667 bits per heavy atom. The lowest BCUT2D eigenvalue weighted by molar-refractivity contribution is 0.354. The summed E-state index contributed by atoms with van der Waals surface area (Å²) in [4.78, 5) is 0. The summed E-state index contributed by atoms with van der Waals surface area (Å²) < 4.78 is 11.2. The van der Waals surface area contributed by atoms with E-state index in [0.29, 0.717) is 0 Å². The van der Waals surface area contributed by atoms with Crippen LogP contribution < -0.4 is 9.47 Å². The predicted molar refractivity (Wildman–Crippen MR) is 98.4 cm³/mol. The van der Waals surface area contributed by atoms with Gasteiger partial charge >= 0.3 is 0 Å². The Morgan fingerprint density at radius 3 is 2.08 bits per heavy atom. The van der Waals surface area contributed by atoms with Crippen molar-refractivity contribution in [3.8, 4) is 22.6 Å². The smallest absolute Gasteiger partial charge is 0.169 e. The van der Waals surface area contributed by atoms with E-state index in [9.17, 15) is 0 Å². The molecular weight excluding hydrogens is 296 g/mol. The van der Waals surface area contributed by atoms with Gasteiger partial charge in [-0.3, -0.25) is 0 Å². The van der Waals surface area contributed by atoms with Crippen molar-refractivity contribution in [1.82, 2.24) is 0 Å². The predicted octanol–water partition coefficient (Wildman–Crippen LogP) is 5.27. The largest absolute Gasteiger partial charge is 0.493 e. The van der Waals surface area contributed by atoms with Crippen molar-refractivity contribution in [2.45, 2.75) is 0 Å². The van der Waals surface area contributed by atoms with Gasteiger partial charge in [-0.25, -0.2) is 0 Å². The summed E-state index contributed by atoms with van der Waals surface area (Å²) in [5, 5.41) is 0. The molecule has 0 radical (unpaired) electrons. The number of benzene rings is 3. The second kappa shape index (κ2) is 5.89. The van der Waals surface area contributed by atoms with E-state index in [1.807, 2.05) is 12.1 Å². The maximum absolute atomic E-state index is 5.71. The van der Waals surface area contributed by atoms with Gasteiger partial charge in [-0.1, -0.05) is 54.6 Å². The first-order valence-corrected chi connectivity index (χ1v) is 7.95. The highest BCUT2D eigenvalue weighted by Gasteiger charge is 2.28. The van der Waals surface area contributed by atoms with Gasteiger partial charge in [0.25, 0.3) is 0 Å². The Morgan fingerprint density at radius 2 is 1.38 bits per heavy atom. The van der Waals surface area contributed by atoms with Gasteiger partial charge in [0.15, 0.2) is 11.5 Å². The van der Waals surface area contributed by atoms with E-state index in [0.717, 1.165) is 17.1 Å². The van der Waals surface area contributed by atoms with Gasteiger partial charge < -0.3 is 9.47 Å². The highest BCUT2D eigenvalue weighted by molar-refractivity contribution is 6.08. The second-order valence-electron chi connectivity index (χ2n) is 5.74. The van der Waals surface area contributed by atoms with Crippen LogP contribution in [0.1, 0.15) is 16.7 Å². The molecule has 3 aromatic rings. The Balaban J connectivity index is 2.03. The quantitative estimate of drug-likeness (QED) is 0.512. The van der Waals surface area contributed by atoms with Crippen LogP contribution >= 0.6 is 0 Å². The number of fused-ring (bicyclic) bond motifs is 3. The van der Waals surface area contributed by atoms with E-state index >= 15 is 0 Å². The normalized spacial score (nSPS) is 13.5. The first-order valence-electron chi connectivity index (χ1n) is 7.95. The minimum absolute atomic E-state index is 0.753. The fraction of sp³-hybridized carbons (Fsp3) is 0.0909. The highest BCUT2D eigenvalue weighted by Crippen LogP contribution is 2.51. The number of hydrogen-bond donors (Lipinski definition) is 0. The summed E-state index contributed by atoms with van der Waals surface area (Å²) in [7, 11) is 3.37. The maximum Gasteiger partial charge on any atom is 0.169 e. The molecule has 4 rings (SSSR count). The van der Waals surface area contributed by atoms with Crippen LogP contribution in [0, 0.1) is 0 Å². The van der Waals surface area contributed by atoms with Gasteiger partial charge in [0, 0.05) is 5.56 Å². The van der Waals surface area contributed by atoms with E-state index in [2.05, 4.69) is 60.7 Å².